The molecule has 0 aliphatic carbocycles. The summed E-state index contributed by atoms with van der Waals surface area (Å²) in [5, 5.41) is 8.82. The minimum Gasteiger partial charge on any atom is -0.399 e. The molecule has 0 saturated carbocycles. The van der Waals surface area contributed by atoms with E-state index in [2.05, 4.69) is 17.0 Å². The number of rotatable bonds is 3. The van der Waals surface area contributed by atoms with Crippen molar-refractivity contribution in [3.8, 4) is 6.07 Å². The molecule has 1 unspecified atom stereocenters. The van der Waals surface area contributed by atoms with E-state index in [4.69, 9.17) is 15.7 Å². The van der Waals surface area contributed by atoms with Crippen LogP contribution < -0.4 is 5.73 Å². The number of ether oxygens (including phenoxy) is 1. The molecule has 1 aromatic rings. The van der Waals surface area contributed by atoms with Crippen LogP contribution in [-0.2, 0) is 11.2 Å². The molecule has 1 heterocycles. The monoisotopic (exact) mass is 231 g/mol. The fourth-order valence-corrected chi connectivity index (χ4v) is 2.02. The van der Waals surface area contributed by atoms with Crippen LogP contribution in [0.15, 0.2) is 24.3 Å². The summed E-state index contributed by atoms with van der Waals surface area (Å²) in [7, 11) is 0. The first-order valence-corrected chi connectivity index (χ1v) is 5.86. The predicted octanol–water partition coefficient (Wildman–Crippen LogP) is 1.04. The highest BCUT2D eigenvalue weighted by atomic mass is 16.5. The quantitative estimate of drug-likeness (QED) is 0.789. The van der Waals surface area contributed by atoms with Gasteiger partial charge in [0.1, 0.15) is 0 Å². The molecular weight excluding hydrogens is 214 g/mol. The number of para-hydroxylation sites is 1. The standard InChI is InChI=1S/C13H17N3O/c14-9-12-10-16(7-8-17-12)6-5-11-3-1-2-4-13(11)15/h1-4,12H,5-8,10,15H2. The average Bonchev–Trinajstić information content (AvgIpc) is 2.38. The summed E-state index contributed by atoms with van der Waals surface area (Å²) in [4.78, 5) is 2.25. The van der Waals surface area contributed by atoms with Crippen molar-refractivity contribution >= 4 is 5.69 Å². The van der Waals surface area contributed by atoms with Gasteiger partial charge in [-0.3, -0.25) is 4.90 Å². The van der Waals surface area contributed by atoms with Gasteiger partial charge in [-0.15, -0.1) is 0 Å². The first-order valence-electron chi connectivity index (χ1n) is 5.86. The van der Waals surface area contributed by atoms with E-state index in [1.807, 2.05) is 18.2 Å². The molecule has 0 bridgehead atoms. The van der Waals surface area contributed by atoms with Crippen molar-refractivity contribution in [2.75, 3.05) is 32.0 Å². The molecule has 4 nitrogen and oxygen atoms in total. The molecule has 0 radical (unpaired) electrons. The Kier molecular flexibility index (Phi) is 3.97. The molecule has 1 atom stereocenters. The maximum Gasteiger partial charge on any atom is 0.156 e. The van der Waals surface area contributed by atoms with Crippen molar-refractivity contribution in [3.63, 3.8) is 0 Å². The SMILES string of the molecule is N#CC1CN(CCc2ccccc2N)CCO1. The lowest BCUT2D eigenvalue weighted by molar-refractivity contribution is 0.00106. The van der Waals surface area contributed by atoms with Crippen LogP contribution in [0, 0.1) is 11.3 Å². The van der Waals surface area contributed by atoms with Crippen molar-refractivity contribution in [1.29, 1.82) is 5.26 Å². The van der Waals surface area contributed by atoms with Crippen LogP contribution in [0.3, 0.4) is 0 Å². The van der Waals surface area contributed by atoms with E-state index in [-0.39, 0.29) is 6.10 Å². The van der Waals surface area contributed by atoms with Crippen LogP contribution in [0.2, 0.25) is 0 Å². The Balaban J connectivity index is 1.86. The lowest BCUT2D eigenvalue weighted by Gasteiger charge is -2.29. The summed E-state index contributed by atoms with van der Waals surface area (Å²) in [6.07, 6.45) is 0.641. The Morgan fingerprint density at radius 3 is 3.06 bits per heavy atom. The maximum absolute atomic E-state index is 8.82. The summed E-state index contributed by atoms with van der Waals surface area (Å²) in [6.45, 7) is 3.16. The fraction of sp³-hybridized carbons (Fsp3) is 0.462. The zero-order valence-corrected chi connectivity index (χ0v) is 9.80. The average molecular weight is 231 g/mol. The molecule has 0 spiro atoms. The van der Waals surface area contributed by atoms with Gasteiger partial charge in [0.15, 0.2) is 6.10 Å². The fourth-order valence-electron chi connectivity index (χ4n) is 2.02. The topological polar surface area (TPSA) is 62.3 Å². The molecule has 2 rings (SSSR count). The smallest absolute Gasteiger partial charge is 0.156 e. The first kappa shape index (κ1) is 11.9. The normalized spacial score (nSPS) is 21.0. The van der Waals surface area contributed by atoms with Crippen molar-refractivity contribution < 1.29 is 4.74 Å². The van der Waals surface area contributed by atoms with E-state index in [1.54, 1.807) is 0 Å². The molecule has 0 amide bonds. The summed E-state index contributed by atoms with van der Waals surface area (Å²) < 4.78 is 5.31. The van der Waals surface area contributed by atoms with Crippen LogP contribution in [-0.4, -0.2) is 37.2 Å². The van der Waals surface area contributed by atoms with Gasteiger partial charge in [0, 0.05) is 25.3 Å². The van der Waals surface area contributed by atoms with E-state index in [0.717, 1.165) is 25.2 Å². The van der Waals surface area contributed by atoms with E-state index >= 15 is 0 Å². The number of nitriles is 1. The Morgan fingerprint density at radius 1 is 1.47 bits per heavy atom. The van der Waals surface area contributed by atoms with Gasteiger partial charge in [-0.2, -0.15) is 5.26 Å². The van der Waals surface area contributed by atoms with Gasteiger partial charge < -0.3 is 10.5 Å². The second-order valence-corrected chi connectivity index (χ2v) is 4.24. The van der Waals surface area contributed by atoms with Gasteiger partial charge in [0.05, 0.1) is 12.7 Å². The third-order valence-corrected chi connectivity index (χ3v) is 3.05. The number of hydrogen-bond acceptors (Lipinski definition) is 4. The summed E-state index contributed by atoms with van der Waals surface area (Å²) in [5.74, 6) is 0. The van der Waals surface area contributed by atoms with Gasteiger partial charge in [-0.25, -0.2) is 0 Å². The highest BCUT2D eigenvalue weighted by molar-refractivity contribution is 5.46. The molecule has 1 aliphatic heterocycles. The predicted molar refractivity (Wildman–Crippen MR) is 66.4 cm³/mol. The van der Waals surface area contributed by atoms with Crippen LogP contribution in [0.5, 0.6) is 0 Å². The molecule has 1 aliphatic rings. The molecule has 90 valence electrons. The summed E-state index contributed by atoms with van der Waals surface area (Å²) in [6, 6.07) is 10.1. The molecular formula is C13H17N3O. The molecule has 1 aromatic carbocycles. The minimum atomic E-state index is -0.281. The second kappa shape index (κ2) is 5.67. The molecule has 4 heteroatoms. The lowest BCUT2D eigenvalue weighted by Crippen LogP contribution is -2.42. The van der Waals surface area contributed by atoms with E-state index < -0.39 is 0 Å². The minimum absolute atomic E-state index is 0.281. The third-order valence-electron chi connectivity index (χ3n) is 3.05. The van der Waals surface area contributed by atoms with Gasteiger partial charge in [0.25, 0.3) is 0 Å². The molecule has 0 aromatic heterocycles. The van der Waals surface area contributed by atoms with Crippen LogP contribution in [0.1, 0.15) is 5.56 Å². The third kappa shape index (κ3) is 3.19. The highest BCUT2D eigenvalue weighted by Crippen LogP contribution is 2.12. The molecule has 17 heavy (non-hydrogen) atoms. The largest absolute Gasteiger partial charge is 0.399 e. The van der Waals surface area contributed by atoms with E-state index in [0.29, 0.717) is 13.2 Å². The number of nitrogens with two attached hydrogens (primary N) is 1. The molecule has 2 N–H and O–H groups in total. The zero-order chi connectivity index (χ0) is 12.1. The number of morpholine rings is 1. The highest BCUT2D eigenvalue weighted by Gasteiger charge is 2.19. The second-order valence-electron chi connectivity index (χ2n) is 4.24. The van der Waals surface area contributed by atoms with Crippen LogP contribution in [0.25, 0.3) is 0 Å². The number of hydrogen-bond donors (Lipinski definition) is 1. The van der Waals surface area contributed by atoms with E-state index in [1.165, 1.54) is 5.56 Å². The molecule has 1 saturated heterocycles. The van der Waals surface area contributed by atoms with Crippen LogP contribution in [0.4, 0.5) is 5.69 Å². The summed E-state index contributed by atoms with van der Waals surface area (Å²) >= 11 is 0. The Bertz CT molecular complexity index is 413. The maximum atomic E-state index is 8.82. The zero-order valence-electron chi connectivity index (χ0n) is 9.80. The number of anilines is 1. The van der Waals surface area contributed by atoms with Crippen molar-refractivity contribution in [2.45, 2.75) is 12.5 Å². The first-order chi connectivity index (χ1) is 8.29. The van der Waals surface area contributed by atoms with Crippen LogP contribution >= 0.6 is 0 Å². The number of nitrogens with zero attached hydrogens (tertiary/aromatic N) is 2. The van der Waals surface area contributed by atoms with Crippen molar-refractivity contribution in [1.82, 2.24) is 4.90 Å². The Morgan fingerprint density at radius 2 is 2.29 bits per heavy atom. The van der Waals surface area contributed by atoms with Crippen molar-refractivity contribution in [3.05, 3.63) is 29.8 Å². The van der Waals surface area contributed by atoms with Gasteiger partial charge in [-0.1, -0.05) is 18.2 Å². The van der Waals surface area contributed by atoms with Crippen molar-refractivity contribution in [2.24, 2.45) is 0 Å². The van der Waals surface area contributed by atoms with Gasteiger partial charge in [-0.05, 0) is 18.1 Å². The number of nitrogen functional groups attached to an aromatic ring is 1. The van der Waals surface area contributed by atoms with Gasteiger partial charge >= 0.3 is 0 Å². The Hall–Kier alpha value is -1.57. The number of benzene rings is 1. The van der Waals surface area contributed by atoms with E-state index in [9.17, 15) is 0 Å². The Labute approximate surface area is 102 Å². The van der Waals surface area contributed by atoms with Gasteiger partial charge in [0.2, 0.25) is 0 Å². The summed E-state index contributed by atoms with van der Waals surface area (Å²) in [5.41, 5.74) is 7.91. The lowest BCUT2D eigenvalue weighted by atomic mass is 10.1. The molecule has 1 fully saturated rings.